The molecule has 3 aliphatic rings. The molecule has 0 aliphatic heterocycles. The van der Waals surface area contributed by atoms with Gasteiger partial charge < -0.3 is 10.2 Å². The summed E-state index contributed by atoms with van der Waals surface area (Å²) in [5.74, 6) is 2.26. The van der Waals surface area contributed by atoms with E-state index in [1.165, 1.54) is 49.7 Å². The molecule has 0 aromatic heterocycles. The van der Waals surface area contributed by atoms with Crippen molar-refractivity contribution in [2.45, 2.75) is 110 Å². The Morgan fingerprint density at radius 3 is 2.69 bits per heavy atom. The summed E-state index contributed by atoms with van der Waals surface area (Å²) >= 11 is 0. The molecule has 0 spiro atoms. The first-order valence-corrected chi connectivity index (χ1v) is 12.1. The molecule has 164 valence electrons. The van der Waals surface area contributed by atoms with E-state index in [9.17, 15) is 10.2 Å². The summed E-state index contributed by atoms with van der Waals surface area (Å²) in [6.45, 7) is 13.1. The minimum absolute atomic E-state index is 0.192. The van der Waals surface area contributed by atoms with Gasteiger partial charge in [0.15, 0.2) is 0 Å². The Hall–Kier alpha value is -0.860. The zero-order valence-electron chi connectivity index (χ0n) is 19.3. The van der Waals surface area contributed by atoms with E-state index >= 15 is 0 Å². The van der Waals surface area contributed by atoms with Crippen molar-refractivity contribution in [1.29, 1.82) is 0 Å². The van der Waals surface area contributed by atoms with Crippen LogP contribution in [0, 0.1) is 23.2 Å². The lowest BCUT2D eigenvalue weighted by atomic mass is 9.60. The lowest BCUT2D eigenvalue weighted by Crippen LogP contribution is -2.36. The lowest BCUT2D eigenvalue weighted by Gasteiger charge is -2.44. The molecule has 0 amide bonds. The van der Waals surface area contributed by atoms with E-state index in [0.717, 1.165) is 49.9 Å². The fraction of sp³-hybridized carbons (Fsp3) is 0.778. The van der Waals surface area contributed by atoms with E-state index in [1.807, 2.05) is 13.8 Å². The average Bonchev–Trinajstić information content (AvgIpc) is 2.99. The molecule has 2 nitrogen and oxygen atoms in total. The summed E-state index contributed by atoms with van der Waals surface area (Å²) in [7, 11) is 0. The summed E-state index contributed by atoms with van der Waals surface area (Å²) in [6.07, 6.45) is 16.9. The molecule has 0 heterocycles. The zero-order chi connectivity index (χ0) is 21.2. The second-order valence-electron chi connectivity index (χ2n) is 11.2. The van der Waals surface area contributed by atoms with E-state index in [2.05, 4.69) is 32.6 Å². The molecule has 0 radical (unpaired) electrons. The van der Waals surface area contributed by atoms with E-state index in [4.69, 9.17) is 0 Å². The van der Waals surface area contributed by atoms with Gasteiger partial charge in [-0.1, -0.05) is 56.6 Å². The van der Waals surface area contributed by atoms with Gasteiger partial charge in [0.25, 0.3) is 0 Å². The van der Waals surface area contributed by atoms with Gasteiger partial charge >= 0.3 is 0 Å². The first-order valence-electron chi connectivity index (χ1n) is 12.1. The van der Waals surface area contributed by atoms with Crippen LogP contribution in [0.1, 0.15) is 98.3 Å². The van der Waals surface area contributed by atoms with Crippen LogP contribution in [0.2, 0.25) is 0 Å². The van der Waals surface area contributed by atoms with Crippen LogP contribution >= 0.6 is 0 Å². The molecular weight excluding hydrogens is 359 g/mol. The number of aliphatic hydroxyl groups excluding tert-OH is 1. The third-order valence-electron chi connectivity index (χ3n) is 8.36. The van der Waals surface area contributed by atoms with Crippen molar-refractivity contribution < 1.29 is 10.2 Å². The quantitative estimate of drug-likeness (QED) is 0.482. The SMILES string of the molecule is C=C1CC[C@H](O)C/C1=C\C=C1/CCC[C@]2(C)[C@@H]([C@H](C)CCC[13C]([13CH3])([13CH3])O)CC[C@@H]12. The Labute approximate surface area is 179 Å². The molecule has 2 heteroatoms. The molecule has 3 aliphatic carbocycles. The predicted octanol–water partition coefficient (Wildman–Crippen LogP) is 6.73. The maximum atomic E-state index is 10.0. The number of aliphatic hydroxyl groups is 2. The minimum Gasteiger partial charge on any atom is -0.393 e. The molecule has 3 rings (SSSR count). The van der Waals surface area contributed by atoms with E-state index in [0.29, 0.717) is 5.41 Å². The smallest absolute Gasteiger partial charge is 0.0591 e. The summed E-state index contributed by atoms with van der Waals surface area (Å²) in [6, 6.07) is 0. The van der Waals surface area contributed by atoms with Crippen LogP contribution in [-0.4, -0.2) is 21.9 Å². The average molecular weight is 404 g/mol. The highest BCUT2D eigenvalue weighted by Crippen LogP contribution is 2.60. The summed E-state index contributed by atoms with van der Waals surface area (Å²) in [5.41, 5.74) is 4.02. The highest BCUT2D eigenvalue weighted by atomic mass is 16.4. The van der Waals surface area contributed by atoms with Crippen molar-refractivity contribution in [3.8, 4) is 0 Å². The molecule has 5 atom stereocenters. The van der Waals surface area contributed by atoms with Crippen molar-refractivity contribution >= 4 is 0 Å². The van der Waals surface area contributed by atoms with Gasteiger partial charge in [0.1, 0.15) is 0 Å². The Kier molecular flexibility index (Phi) is 7.16. The van der Waals surface area contributed by atoms with E-state index in [1.54, 1.807) is 5.57 Å². The second-order valence-corrected chi connectivity index (χ2v) is 11.2. The Balaban J connectivity index is 1.68. The first kappa shape index (κ1) is 22.8. The van der Waals surface area contributed by atoms with Crippen LogP contribution in [-0.2, 0) is 0 Å². The Morgan fingerprint density at radius 2 is 1.97 bits per heavy atom. The van der Waals surface area contributed by atoms with Crippen LogP contribution in [0.15, 0.2) is 35.5 Å². The van der Waals surface area contributed by atoms with Crippen LogP contribution in [0.25, 0.3) is 0 Å². The molecule has 2 N–H and O–H groups in total. The maximum Gasteiger partial charge on any atom is 0.0591 e. The third-order valence-corrected chi connectivity index (χ3v) is 8.36. The van der Waals surface area contributed by atoms with Gasteiger partial charge in [-0.25, -0.2) is 0 Å². The number of rotatable bonds is 6. The molecule has 0 aromatic rings. The normalized spacial score (nSPS) is 37.2. The Bertz CT molecular complexity index is 650. The minimum atomic E-state index is -0.535. The monoisotopic (exact) mass is 403 g/mol. The highest BCUT2D eigenvalue weighted by molar-refractivity contribution is 5.36. The van der Waals surface area contributed by atoms with Crippen LogP contribution in [0.4, 0.5) is 0 Å². The van der Waals surface area contributed by atoms with Crippen molar-refractivity contribution in [1.82, 2.24) is 0 Å². The van der Waals surface area contributed by atoms with E-state index < -0.39 is 5.60 Å². The summed E-state index contributed by atoms with van der Waals surface area (Å²) in [5, 5.41) is 20.1. The molecule has 29 heavy (non-hydrogen) atoms. The molecular formula is C27H44O2. The van der Waals surface area contributed by atoms with Gasteiger partial charge in [-0.3, -0.25) is 0 Å². The Morgan fingerprint density at radius 1 is 1.21 bits per heavy atom. The number of fused-ring (bicyclic) bond motifs is 1. The number of hydrogen-bond donors (Lipinski definition) is 2. The summed E-state index contributed by atoms with van der Waals surface area (Å²) in [4.78, 5) is 0. The molecule has 0 saturated heterocycles. The molecule has 0 unspecified atom stereocenters. The number of allylic oxidation sites excluding steroid dienone is 4. The fourth-order valence-corrected chi connectivity index (χ4v) is 6.67. The van der Waals surface area contributed by atoms with Gasteiger partial charge in [0.2, 0.25) is 0 Å². The van der Waals surface area contributed by atoms with Gasteiger partial charge in [0.05, 0.1) is 11.7 Å². The number of hydrogen-bond acceptors (Lipinski definition) is 2. The summed E-state index contributed by atoms with van der Waals surface area (Å²) < 4.78 is 0. The van der Waals surface area contributed by atoms with Crippen LogP contribution < -0.4 is 0 Å². The lowest BCUT2D eigenvalue weighted by molar-refractivity contribution is 0.0596. The maximum absolute atomic E-state index is 10.0. The fourth-order valence-electron chi connectivity index (χ4n) is 6.67. The van der Waals surface area contributed by atoms with Gasteiger partial charge in [-0.15, -0.1) is 0 Å². The predicted molar refractivity (Wildman–Crippen MR) is 123 cm³/mol. The van der Waals surface area contributed by atoms with Gasteiger partial charge in [-0.05, 0) is 100 Å². The van der Waals surface area contributed by atoms with Crippen LogP contribution in [0.5, 0.6) is 0 Å². The highest BCUT2D eigenvalue weighted by Gasteiger charge is 2.50. The van der Waals surface area contributed by atoms with Crippen molar-refractivity contribution in [3.05, 3.63) is 35.5 Å². The second kappa shape index (κ2) is 9.10. The third kappa shape index (κ3) is 5.44. The molecule has 3 fully saturated rings. The first-order chi connectivity index (χ1) is 13.6. The van der Waals surface area contributed by atoms with E-state index in [-0.39, 0.29) is 6.10 Å². The van der Waals surface area contributed by atoms with Crippen molar-refractivity contribution in [2.75, 3.05) is 0 Å². The molecule has 0 aromatic carbocycles. The molecule has 0 bridgehead atoms. The van der Waals surface area contributed by atoms with Crippen LogP contribution in [0.3, 0.4) is 0 Å². The van der Waals surface area contributed by atoms with Gasteiger partial charge in [0, 0.05) is 0 Å². The standard InChI is InChI=1S/C27H44O2/c1-19-10-13-23(28)18-22(19)12-11-21-9-7-17-27(5)24(14-15-25(21)27)20(2)8-6-16-26(3,4)29/h11-12,20,23-25,28-29H,1,6-10,13-18H2,2-5H3/b21-11+,22-12+/t20-,23+,24-,25+,27-/m1/s1/i3+1,4+1,26+1. The topological polar surface area (TPSA) is 40.5 Å². The van der Waals surface area contributed by atoms with Gasteiger partial charge in [-0.2, -0.15) is 0 Å². The largest absolute Gasteiger partial charge is 0.393 e. The molecule has 3 saturated carbocycles. The van der Waals surface area contributed by atoms with Crippen molar-refractivity contribution in [3.63, 3.8) is 0 Å². The van der Waals surface area contributed by atoms with Crippen molar-refractivity contribution in [2.24, 2.45) is 23.2 Å². The zero-order valence-corrected chi connectivity index (χ0v) is 19.3.